The number of rotatable bonds is 44. The van der Waals surface area contributed by atoms with Crippen molar-refractivity contribution in [3.63, 3.8) is 0 Å². The highest BCUT2D eigenvalue weighted by atomic mass is 16.5. The van der Waals surface area contributed by atoms with Crippen molar-refractivity contribution in [1.29, 1.82) is 0 Å². The number of carbonyl (C=O) groups excluding carboxylic acids is 1. The summed E-state index contributed by atoms with van der Waals surface area (Å²) in [6.07, 6.45) is 50.3. The van der Waals surface area contributed by atoms with Gasteiger partial charge in [0.05, 0.1) is 19.0 Å². The maximum atomic E-state index is 12.0. The Balaban J connectivity index is 1.80. The number of unbranched alkanes of at least 4 members (excludes halogenated alkanes) is 34. The molecular weight excluding hydrogens is 681 g/mol. The van der Waals surface area contributed by atoms with Crippen molar-refractivity contribution in [3.8, 4) is 0 Å². The molecule has 1 aliphatic rings. The number of esters is 1. The van der Waals surface area contributed by atoms with Gasteiger partial charge in [-0.15, -0.1) is 0 Å². The lowest BCUT2D eigenvalue weighted by molar-refractivity contribution is -0.144. The predicted molar refractivity (Wildman–Crippen MR) is 237 cm³/mol. The average Bonchev–Trinajstić information content (AvgIpc) is 3.53. The fourth-order valence-electron chi connectivity index (χ4n) is 8.28. The number of aliphatic carboxylic acids is 1. The van der Waals surface area contributed by atoms with Crippen LogP contribution in [0.25, 0.3) is 0 Å². The molecule has 1 rings (SSSR count). The molecule has 0 radical (unpaired) electrons. The van der Waals surface area contributed by atoms with Gasteiger partial charge in [0.1, 0.15) is 0 Å². The van der Waals surface area contributed by atoms with E-state index in [0.29, 0.717) is 25.5 Å². The van der Waals surface area contributed by atoms with Crippen LogP contribution in [0.1, 0.15) is 271 Å². The van der Waals surface area contributed by atoms with Crippen LogP contribution in [0.5, 0.6) is 0 Å². The van der Waals surface area contributed by atoms with E-state index >= 15 is 0 Å². The molecule has 1 aliphatic heterocycles. The van der Waals surface area contributed by atoms with Crippen molar-refractivity contribution >= 4 is 17.8 Å². The normalized spacial score (nSPS) is 14.2. The van der Waals surface area contributed by atoms with Crippen LogP contribution in [-0.2, 0) is 14.3 Å². The maximum absolute atomic E-state index is 12.0. The zero-order chi connectivity index (χ0) is 39.7. The molecular formula is C49H94N2O4. The van der Waals surface area contributed by atoms with Gasteiger partial charge in [-0.25, -0.2) is 0 Å². The van der Waals surface area contributed by atoms with E-state index in [1.54, 1.807) is 0 Å². The van der Waals surface area contributed by atoms with Crippen molar-refractivity contribution in [2.75, 3.05) is 19.7 Å². The van der Waals surface area contributed by atoms with Gasteiger partial charge in [0.15, 0.2) is 0 Å². The quantitative estimate of drug-likeness (QED) is 0.0492. The summed E-state index contributed by atoms with van der Waals surface area (Å²) < 4.78 is 5.47. The van der Waals surface area contributed by atoms with Crippen LogP contribution >= 0.6 is 0 Å². The Bertz CT molecular complexity index is 877. The zero-order valence-corrected chi connectivity index (χ0v) is 37.0. The standard InChI is InChI=1S/C49H94N2O4/c1-3-4-5-6-7-8-9-19-24-29-34-39-44-55-49(54)42-37-32-27-22-17-11-10-14-18-23-28-33-38-43-51-46(2)45-50-47(51)40-35-30-25-20-15-12-13-16-21-26-31-36-41-48(52)53/h46H,3-45H2,1-2H3,(H,52,53). The first kappa shape index (κ1) is 51.4. The molecule has 0 saturated heterocycles. The van der Waals surface area contributed by atoms with Gasteiger partial charge in [-0.05, 0) is 39.0 Å². The van der Waals surface area contributed by atoms with Crippen LogP contribution in [-0.4, -0.2) is 53.5 Å². The van der Waals surface area contributed by atoms with E-state index in [0.717, 1.165) is 32.2 Å². The molecule has 1 N–H and O–H groups in total. The van der Waals surface area contributed by atoms with E-state index in [1.165, 1.54) is 231 Å². The molecule has 0 aliphatic carbocycles. The molecule has 0 aromatic carbocycles. The van der Waals surface area contributed by atoms with Crippen molar-refractivity contribution in [3.05, 3.63) is 0 Å². The van der Waals surface area contributed by atoms with Crippen LogP contribution in [0.3, 0.4) is 0 Å². The van der Waals surface area contributed by atoms with Gasteiger partial charge < -0.3 is 14.7 Å². The van der Waals surface area contributed by atoms with Gasteiger partial charge in [0.2, 0.25) is 0 Å². The lowest BCUT2D eigenvalue weighted by atomic mass is 10.0. The molecule has 0 fully saturated rings. The van der Waals surface area contributed by atoms with Crippen molar-refractivity contribution < 1.29 is 19.4 Å². The Morgan fingerprint density at radius 2 is 0.891 bits per heavy atom. The van der Waals surface area contributed by atoms with Gasteiger partial charge in [0, 0.05) is 31.8 Å². The minimum absolute atomic E-state index is 0.0174. The number of amidine groups is 1. The Hall–Kier alpha value is -1.59. The molecule has 1 unspecified atom stereocenters. The number of carboxylic acids is 1. The van der Waals surface area contributed by atoms with E-state index < -0.39 is 5.97 Å². The predicted octanol–water partition coefficient (Wildman–Crippen LogP) is 15.3. The van der Waals surface area contributed by atoms with Crippen molar-refractivity contribution in [2.45, 2.75) is 277 Å². The minimum Gasteiger partial charge on any atom is -0.481 e. The molecule has 55 heavy (non-hydrogen) atoms. The number of hydrogen-bond acceptors (Lipinski definition) is 5. The van der Waals surface area contributed by atoms with Crippen molar-refractivity contribution in [1.82, 2.24) is 4.90 Å². The molecule has 1 heterocycles. The molecule has 6 nitrogen and oxygen atoms in total. The van der Waals surface area contributed by atoms with E-state index in [2.05, 4.69) is 18.7 Å². The third-order valence-electron chi connectivity index (χ3n) is 12.0. The summed E-state index contributed by atoms with van der Waals surface area (Å²) in [5.41, 5.74) is 0. The van der Waals surface area contributed by atoms with Crippen LogP contribution in [0, 0.1) is 0 Å². The number of hydrogen-bond donors (Lipinski definition) is 1. The number of nitrogens with zero attached hydrogens (tertiary/aromatic N) is 2. The summed E-state index contributed by atoms with van der Waals surface area (Å²) in [6.45, 7) is 7.44. The smallest absolute Gasteiger partial charge is 0.305 e. The lowest BCUT2D eigenvalue weighted by Crippen LogP contribution is -2.35. The summed E-state index contributed by atoms with van der Waals surface area (Å²) in [7, 11) is 0. The Kier molecular flexibility index (Phi) is 38.0. The SMILES string of the molecule is CCCCCCCCCCCCCCOC(=O)CCCCCCCCCCCCCCCN1C(CCCCCCCCCCCCCCC(=O)O)=NCC1C. The summed E-state index contributed by atoms with van der Waals surface area (Å²) in [5, 5.41) is 8.70. The number of ether oxygens (including phenoxy) is 1. The van der Waals surface area contributed by atoms with Gasteiger partial charge in [-0.2, -0.15) is 0 Å². The first-order valence-electron chi connectivity index (χ1n) is 24.7. The second-order valence-corrected chi connectivity index (χ2v) is 17.4. The van der Waals surface area contributed by atoms with E-state index in [9.17, 15) is 9.59 Å². The first-order valence-corrected chi connectivity index (χ1v) is 24.7. The molecule has 6 heteroatoms. The molecule has 0 amide bonds. The molecule has 0 saturated carbocycles. The summed E-state index contributed by atoms with van der Waals surface area (Å²) >= 11 is 0. The Morgan fingerprint density at radius 1 is 0.527 bits per heavy atom. The summed E-state index contributed by atoms with van der Waals surface area (Å²) in [6, 6.07) is 0.586. The van der Waals surface area contributed by atoms with E-state index in [-0.39, 0.29) is 5.97 Å². The van der Waals surface area contributed by atoms with Gasteiger partial charge >= 0.3 is 11.9 Å². The van der Waals surface area contributed by atoms with Gasteiger partial charge in [0.25, 0.3) is 0 Å². The summed E-state index contributed by atoms with van der Waals surface area (Å²) in [5.74, 6) is 0.746. The van der Waals surface area contributed by atoms with Gasteiger partial charge in [-0.1, -0.05) is 212 Å². The first-order chi connectivity index (χ1) is 27.0. The van der Waals surface area contributed by atoms with E-state index in [1.807, 2.05) is 0 Å². The Labute approximate surface area is 342 Å². The highest BCUT2D eigenvalue weighted by molar-refractivity contribution is 5.84. The number of carbonyl (C=O) groups is 2. The Morgan fingerprint density at radius 3 is 1.33 bits per heavy atom. The molecule has 324 valence electrons. The average molecular weight is 775 g/mol. The maximum Gasteiger partial charge on any atom is 0.305 e. The zero-order valence-electron chi connectivity index (χ0n) is 37.0. The second kappa shape index (κ2) is 40.6. The third kappa shape index (κ3) is 35.3. The minimum atomic E-state index is -0.659. The van der Waals surface area contributed by atoms with Crippen LogP contribution in [0.15, 0.2) is 4.99 Å². The molecule has 1 atom stereocenters. The topological polar surface area (TPSA) is 79.2 Å². The van der Waals surface area contributed by atoms with E-state index in [4.69, 9.17) is 14.8 Å². The number of aliphatic imine (C=N–C) groups is 1. The lowest BCUT2D eigenvalue weighted by Gasteiger charge is -2.25. The monoisotopic (exact) mass is 775 g/mol. The van der Waals surface area contributed by atoms with Crippen LogP contribution in [0.2, 0.25) is 0 Å². The molecule has 0 aromatic heterocycles. The fourth-order valence-corrected chi connectivity index (χ4v) is 8.28. The second-order valence-electron chi connectivity index (χ2n) is 17.4. The van der Waals surface area contributed by atoms with Crippen LogP contribution < -0.4 is 0 Å². The summed E-state index contributed by atoms with van der Waals surface area (Å²) in [4.78, 5) is 30.1. The fraction of sp³-hybridized carbons (Fsp3) is 0.939. The highest BCUT2D eigenvalue weighted by Gasteiger charge is 2.22. The molecule has 0 spiro atoms. The molecule has 0 bridgehead atoms. The molecule has 0 aromatic rings. The highest BCUT2D eigenvalue weighted by Crippen LogP contribution is 2.19. The number of carboxylic acid groups (broad SMARTS) is 1. The largest absolute Gasteiger partial charge is 0.481 e. The van der Waals surface area contributed by atoms with Gasteiger partial charge in [-0.3, -0.25) is 14.6 Å². The van der Waals surface area contributed by atoms with Crippen molar-refractivity contribution in [2.24, 2.45) is 4.99 Å². The third-order valence-corrected chi connectivity index (χ3v) is 12.0. The van der Waals surface area contributed by atoms with Crippen LogP contribution in [0.4, 0.5) is 0 Å².